The van der Waals surface area contributed by atoms with Crippen molar-refractivity contribution in [1.82, 2.24) is 15.0 Å². The number of hydrogen-bond acceptors (Lipinski definition) is 5. The maximum atomic E-state index is 13.5. The van der Waals surface area contributed by atoms with E-state index in [0.717, 1.165) is 6.07 Å². The highest BCUT2D eigenvalue weighted by Gasteiger charge is 2.28. The summed E-state index contributed by atoms with van der Waals surface area (Å²) < 4.78 is 32.4. The van der Waals surface area contributed by atoms with Gasteiger partial charge in [-0.3, -0.25) is 9.78 Å². The van der Waals surface area contributed by atoms with Crippen molar-refractivity contribution in [2.24, 2.45) is 5.10 Å². The lowest BCUT2D eigenvalue weighted by Crippen LogP contribution is -2.27. The normalized spacial score (nSPS) is 15.8. The Morgan fingerprint density at radius 3 is 2.70 bits per heavy atom. The van der Waals surface area contributed by atoms with E-state index in [-0.39, 0.29) is 18.9 Å². The van der Waals surface area contributed by atoms with E-state index < -0.39 is 17.7 Å². The molecule has 2 heterocycles. The van der Waals surface area contributed by atoms with Gasteiger partial charge in [-0.2, -0.15) is 5.10 Å². The van der Waals surface area contributed by atoms with E-state index in [1.165, 1.54) is 35.7 Å². The molecule has 2 aromatic rings. The molecule has 0 N–H and O–H groups in total. The molecule has 0 spiro atoms. The summed E-state index contributed by atoms with van der Waals surface area (Å²) in [7, 11) is 0. The highest BCUT2D eigenvalue weighted by molar-refractivity contribution is 5.80. The van der Waals surface area contributed by atoms with E-state index in [1.54, 1.807) is 6.21 Å². The highest BCUT2D eigenvalue weighted by atomic mass is 19.1. The molecule has 6 nitrogen and oxygen atoms in total. The second kappa shape index (κ2) is 8.48. The van der Waals surface area contributed by atoms with Crippen molar-refractivity contribution in [1.29, 1.82) is 0 Å². The summed E-state index contributed by atoms with van der Waals surface area (Å²) in [5.74, 6) is -1.24. The lowest BCUT2D eigenvalue weighted by Gasteiger charge is -2.22. The quantitative estimate of drug-likeness (QED) is 0.699. The number of nitrogens with zero attached hydrogens (tertiary/aromatic N) is 4. The summed E-state index contributed by atoms with van der Waals surface area (Å²) in [4.78, 5) is 20.4. The predicted molar refractivity (Wildman–Crippen MR) is 95.0 cm³/mol. The first-order valence-corrected chi connectivity index (χ1v) is 8.39. The Morgan fingerprint density at radius 2 is 2.00 bits per heavy atom. The molecule has 0 fully saturated rings. The molecule has 1 aromatic carbocycles. The molecule has 1 aliphatic rings. The van der Waals surface area contributed by atoms with Crippen molar-refractivity contribution in [3.8, 4) is 5.88 Å². The van der Waals surface area contributed by atoms with Crippen LogP contribution in [0.1, 0.15) is 30.9 Å². The Morgan fingerprint density at radius 1 is 1.22 bits per heavy atom. The fourth-order valence-electron chi connectivity index (χ4n) is 2.70. The highest BCUT2D eigenvalue weighted by Crippen LogP contribution is 2.30. The molecule has 27 heavy (non-hydrogen) atoms. The number of aromatic nitrogens is 2. The minimum absolute atomic E-state index is 0.161. The minimum atomic E-state index is -0.682. The van der Waals surface area contributed by atoms with Crippen LogP contribution in [0.25, 0.3) is 0 Å². The Balaban J connectivity index is 1.53. The van der Waals surface area contributed by atoms with Crippen LogP contribution in [0.3, 0.4) is 0 Å². The molecule has 3 rings (SSSR count). The third-order valence-corrected chi connectivity index (χ3v) is 4.01. The average Bonchev–Trinajstić information content (AvgIpc) is 3.14. The fourth-order valence-corrected chi connectivity index (χ4v) is 2.70. The van der Waals surface area contributed by atoms with Crippen LogP contribution in [-0.4, -0.2) is 33.7 Å². The number of halogens is 2. The van der Waals surface area contributed by atoms with Crippen molar-refractivity contribution in [2.45, 2.75) is 25.3 Å². The van der Waals surface area contributed by atoms with Gasteiger partial charge in [0.15, 0.2) is 0 Å². The van der Waals surface area contributed by atoms with Crippen LogP contribution in [-0.2, 0) is 4.79 Å². The van der Waals surface area contributed by atoms with Crippen molar-refractivity contribution in [3.05, 3.63) is 66.1 Å². The van der Waals surface area contributed by atoms with E-state index >= 15 is 0 Å². The zero-order chi connectivity index (χ0) is 19.2. The van der Waals surface area contributed by atoms with E-state index in [1.807, 2.05) is 0 Å². The third kappa shape index (κ3) is 4.93. The largest absolute Gasteiger partial charge is 0.472 e. The van der Waals surface area contributed by atoms with E-state index in [4.69, 9.17) is 4.74 Å². The van der Waals surface area contributed by atoms with Gasteiger partial charge in [0.1, 0.15) is 18.2 Å². The molecule has 1 aromatic heterocycles. The monoisotopic (exact) mass is 372 g/mol. The van der Waals surface area contributed by atoms with Gasteiger partial charge in [0, 0.05) is 37.5 Å². The summed E-state index contributed by atoms with van der Waals surface area (Å²) in [6.45, 7) is 4.10. The summed E-state index contributed by atoms with van der Waals surface area (Å²) in [6.07, 6.45) is 7.08. The number of ether oxygens (including phenoxy) is 1. The molecule has 1 unspecified atom stereocenters. The molecule has 1 aliphatic heterocycles. The molecule has 1 amide bonds. The van der Waals surface area contributed by atoms with E-state index in [9.17, 15) is 13.6 Å². The lowest BCUT2D eigenvalue weighted by atomic mass is 10.0. The molecule has 0 bridgehead atoms. The van der Waals surface area contributed by atoms with Crippen LogP contribution in [0.4, 0.5) is 8.78 Å². The smallest absolute Gasteiger partial charge is 0.243 e. The molecule has 0 saturated heterocycles. The van der Waals surface area contributed by atoms with Crippen molar-refractivity contribution in [2.75, 3.05) is 6.61 Å². The zero-order valence-corrected chi connectivity index (χ0v) is 14.5. The Kier molecular flexibility index (Phi) is 5.85. The number of hydrogen-bond donors (Lipinski definition) is 0. The number of hydrazone groups is 1. The van der Waals surface area contributed by atoms with Gasteiger partial charge in [-0.1, -0.05) is 6.58 Å². The maximum Gasteiger partial charge on any atom is 0.243 e. The van der Waals surface area contributed by atoms with E-state index in [0.29, 0.717) is 29.9 Å². The van der Waals surface area contributed by atoms with Gasteiger partial charge in [0.05, 0.1) is 12.2 Å². The third-order valence-electron chi connectivity index (χ3n) is 4.01. The number of rotatable bonds is 7. The van der Waals surface area contributed by atoms with Gasteiger partial charge >= 0.3 is 0 Å². The summed E-state index contributed by atoms with van der Waals surface area (Å²) in [6, 6.07) is 2.73. The molecular weight excluding hydrogens is 354 g/mol. The minimum Gasteiger partial charge on any atom is -0.472 e. The summed E-state index contributed by atoms with van der Waals surface area (Å²) in [5, 5.41) is 5.33. The summed E-state index contributed by atoms with van der Waals surface area (Å²) in [5.41, 5.74) is 1.09. The summed E-state index contributed by atoms with van der Waals surface area (Å²) >= 11 is 0. The molecule has 8 heteroatoms. The van der Waals surface area contributed by atoms with Gasteiger partial charge < -0.3 is 4.74 Å². The van der Waals surface area contributed by atoms with Crippen molar-refractivity contribution in [3.63, 3.8) is 0 Å². The predicted octanol–water partition coefficient (Wildman–Crippen LogP) is 3.43. The second-order valence-corrected chi connectivity index (χ2v) is 6.07. The Labute approximate surface area is 155 Å². The first kappa shape index (κ1) is 18.6. The number of amides is 1. The fraction of sp³-hybridized carbons (Fsp3) is 0.263. The standard InChI is InChI=1S/C19H18F2N4O2/c1-13(12-27-18-11-22-6-7-23-18)2-3-19(26)25-17(4-5-24-25)14-8-15(20)10-16(21)9-14/h5-11,17H,1-4,12H2. The van der Waals surface area contributed by atoms with Crippen LogP contribution in [0.2, 0.25) is 0 Å². The molecule has 1 atom stereocenters. The lowest BCUT2D eigenvalue weighted by molar-refractivity contribution is -0.133. The molecule has 0 aliphatic carbocycles. The average molecular weight is 372 g/mol. The SMILES string of the molecule is C=C(CCC(=O)N1N=CCC1c1cc(F)cc(F)c1)COc1cnccn1. The number of carbonyl (C=O) groups excluding carboxylic acids is 1. The zero-order valence-electron chi connectivity index (χ0n) is 14.5. The number of carbonyl (C=O) groups is 1. The topological polar surface area (TPSA) is 67.7 Å². The Hall–Kier alpha value is -3.16. The van der Waals surface area contributed by atoms with Gasteiger partial charge in [0.2, 0.25) is 11.8 Å². The first-order chi connectivity index (χ1) is 13.0. The van der Waals surface area contributed by atoms with Crippen molar-refractivity contribution < 1.29 is 18.3 Å². The second-order valence-electron chi connectivity index (χ2n) is 6.07. The van der Waals surface area contributed by atoms with Crippen LogP contribution in [0.5, 0.6) is 5.88 Å². The molecule has 0 radical (unpaired) electrons. The maximum absolute atomic E-state index is 13.5. The molecule has 140 valence electrons. The van der Waals surface area contributed by atoms with Gasteiger partial charge in [-0.05, 0) is 29.7 Å². The first-order valence-electron chi connectivity index (χ1n) is 8.39. The van der Waals surface area contributed by atoms with Crippen LogP contribution < -0.4 is 4.74 Å². The molecule has 0 saturated carbocycles. The molecular formula is C19H18F2N4O2. The van der Waals surface area contributed by atoms with Gasteiger partial charge in [-0.15, -0.1) is 0 Å². The Bertz CT molecular complexity index is 838. The van der Waals surface area contributed by atoms with Gasteiger partial charge in [-0.25, -0.2) is 18.8 Å². The number of benzene rings is 1. The van der Waals surface area contributed by atoms with Crippen LogP contribution in [0.15, 0.2) is 54.0 Å². The van der Waals surface area contributed by atoms with E-state index in [2.05, 4.69) is 21.6 Å². The van der Waals surface area contributed by atoms with Gasteiger partial charge in [0.25, 0.3) is 0 Å². The van der Waals surface area contributed by atoms with Crippen LogP contribution in [0, 0.1) is 11.6 Å². The van der Waals surface area contributed by atoms with Crippen LogP contribution >= 0.6 is 0 Å². The van der Waals surface area contributed by atoms with Crippen molar-refractivity contribution >= 4 is 12.1 Å².